The molecule has 2 heterocycles. The van der Waals surface area contributed by atoms with E-state index in [1.54, 1.807) is 12.1 Å². The third-order valence-electron chi connectivity index (χ3n) is 4.55. The summed E-state index contributed by atoms with van der Waals surface area (Å²) in [5.41, 5.74) is 1.15. The monoisotopic (exact) mass is 282 g/mol. The molecule has 2 aliphatic heterocycles. The van der Waals surface area contributed by atoms with E-state index < -0.39 is 6.61 Å². The SMILES string of the molecule is CC(c1ccc(OC(F)F)cc1)N1C[C@H]2CNC[C@H]2C1. The van der Waals surface area contributed by atoms with E-state index in [0.29, 0.717) is 6.04 Å². The second-order valence-corrected chi connectivity index (χ2v) is 5.76. The Balaban J connectivity index is 1.63. The number of nitrogens with one attached hydrogen (secondary N) is 1. The predicted octanol–water partition coefficient (Wildman–Crippen LogP) is 2.50. The first-order valence-electron chi connectivity index (χ1n) is 7.13. The van der Waals surface area contributed by atoms with Gasteiger partial charge in [0.1, 0.15) is 5.75 Å². The zero-order valence-electron chi connectivity index (χ0n) is 11.6. The Morgan fingerprint density at radius 2 is 1.75 bits per heavy atom. The van der Waals surface area contributed by atoms with Gasteiger partial charge in [-0.2, -0.15) is 8.78 Å². The van der Waals surface area contributed by atoms with Gasteiger partial charge in [-0.15, -0.1) is 0 Å². The van der Waals surface area contributed by atoms with Crippen LogP contribution in [0.5, 0.6) is 5.75 Å². The molecule has 2 aliphatic rings. The first kappa shape index (κ1) is 13.8. The van der Waals surface area contributed by atoms with E-state index in [4.69, 9.17) is 0 Å². The van der Waals surface area contributed by atoms with Gasteiger partial charge in [-0.05, 0) is 49.5 Å². The molecule has 3 atom stereocenters. The molecule has 1 aromatic rings. The average molecular weight is 282 g/mol. The zero-order chi connectivity index (χ0) is 14.1. The van der Waals surface area contributed by atoms with E-state index in [9.17, 15) is 8.78 Å². The van der Waals surface area contributed by atoms with E-state index in [1.165, 1.54) is 0 Å². The van der Waals surface area contributed by atoms with Crippen LogP contribution in [0.4, 0.5) is 8.78 Å². The van der Waals surface area contributed by atoms with E-state index >= 15 is 0 Å². The van der Waals surface area contributed by atoms with Crippen molar-refractivity contribution in [3.8, 4) is 5.75 Å². The molecule has 2 saturated heterocycles. The number of halogens is 2. The van der Waals surface area contributed by atoms with Gasteiger partial charge >= 0.3 is 6.61 Å². The molecule has 2 fully saturated rings. The number of nitrogens with zero attached hydrogens (tertiary/aromatic N) is 1. The molecule has 0 saturated carbocycles. The second-order valence-electron chi connectivity index (χ2n) is 5.76. The van der Waals surface area contributed by atoms with E-state index in [1.807, 2.05) is 12.1 Å². The minimum Gasteiger partial charge on any atom is -0.435 e. The molecule has 3 rings (SSSR count). The number of alkyl halides is 2. The Hall–Kier alpha value is -1.20. The van der Waals surface area contributed by atoms with Crippen LogP contribution in [-0.4, -0.2) is 37.7 Å². The van der Waals surface area contributed by atoms with Gasteiger partial charge in [0, 0.05) is 19.1 Å². The smallest absolute Gasteiger partial charge is 0.387 e. The van der Waals surface area contributed by atoms with Crippen molar-refractivity contribution in [2.24, 2.45) is 11.8 Å². The summed E-state index contributed by atoms with van der Waals surface area (Å²) in [6.45, 7) is 3.90. The Labute approximate surface area is 117 Å². The minimum atomic E-state index is -2.76. The van der Waals surface area contributed by atoms with Gasteiger partial charge in [-0.25, -0.2) is 0 Å². The summed E-state index contributed by atoms with van der Waals surface area (Å²) in [5, 5.41) is 3.43. The van der Waals surface area contributed by atoms with Crippen LogP contribution in [0.15, 0.2) is 24.3 Å². The molecular formula is C15H20F2N2O. The van der Waals surface area contributed by atoms with Crippen LogP contribution in [0.3, 0.4) is 0 Å². The second kappa shape index (κ2) is 5.66. The van der Waals surface area contributed by atoms with Gasteiger partial charge in [-0.3, -0.25) is 4.90 Å². The van der Waals surface area contributed by atoms with E-state index in [-0.39, 0.29) is 5.75 Å². The van der Waals surface area contributed by atoms with E-state index in [0.717, 1.165) is 43.6 Å². The minimum absolute atomic E-state index is 0.221. The first-order valence-corrected chi connectivity index (χ1v) is 7.13. The highest BCUT2D eigenvalue weighted by Gasteiger charge is 2.37. The predicted molar refractivity (Wildman–Crippen MR) is 72.9 cm³/mol. The Kier molecular flexibility index (Phi) is 3.89. The topological polar surface area (TPSA) is 24.5 Å². The molecule has 0 bridgehead atoms. The van der Waals surface area contributed by atoms with Crippen LogP contribution in [0.1, 0.15) is 18.5 Å². The summed E-state index contributed by atoms with van der Waals surface area (Å²) in [7, 11) is 0. The Morgan fingerprint density at radius 1 is 1.15 bits per heavy atom. The molecule has 0 radical (unpaired) electrons. The van der Waals surface area contributed by atoms with Crippen molar-refractivity contribution in [1.82, 2.24) is 10.2 Å². The lowest BCUT2D eigenvalue weighted by Gasteiger charge is -2.25. The molecule has 0 aliphatic carbocycles. The Morgan fingerprint density at radius 3 is 2.30 bits per heavy atom. The van der Waals surface area contributed by atoms with Crippen molar-refractivity contribution >= 4 is 0 Å². The van der Waals surface area contributed by atoms with Crippen molar-refractivity contribution in [1.29, 1.82) is 0 Å². The third-order valence-corrected chi connectivity index (χ3v) is 4.55. The maximum Gasteiger partial charge on any atom is 0.387 e. The molecule has 1 aromatic carbocycles. The quantitative estimate of drug-likeness (QED) is 0.918. The first-order chi connectivity index (χ1) is 9.63. The summed E-state index contributed by atoms with van der Waals surface area (Å²) >= 11 is 0. The lowest BCUT2D eigenvalue weighted by atomic mass is 10.0. The molecule has 0 aromatic heterocycles. The standard InChI is InChI=1S/C15H20F2N2O/c1-10(19-8-12-6-18-7-13(12)9-19)11-2-4-14(5-3-11)20-15(16)17/h2-5,10,12-13,15,18H,6-9H2,1H3/t10?,12-,13+. The molecule has 20 heavy (non-hydrogen) atoms. The molecule has 1 N–H and O–H groups in total. The largest absolute Gasteiger partial charge is 0.435 e. The summed E-state index contributed by atoms with van der Waals surface area (Å²) in [5.74, 6) is 1.75. The highest BCUT2D eigenvalue weighted by atomic mass is 19.3. The van der Waals surface area contributed by atoms with Gasteiger partial charge in [0.2, 0.25) is 0 Å². The maximum atomic E-state index is 12.1. The highest BCUT2D eigenvalue weighted by molar-refractivity contribution is 5.29. The van der Waals surface area contributed by atoms with Crippen molar-refractivity contribution < 1.29 is 13.5 Å². The number of ether oxygens (including phenoxy) is 1. The van der Waals surface area contributed by atoms with Crippen LogP contribution in [-0.2, 0) is 0 Å². The van der Waals surface area contributed by atoms with Gasteiger partial charge in [0.15, 0.2) is 0 Å². The lowest BCUT2D eigenvalue weighted by molar-refractivity contribution is -0.0498. The molecular weight excluding hydrogens is 262 g/mol. The van der Waals surface area contributed by atoms with Crippen LogP contribution >= 0.6 is 0 Å². The summed E-state index contributed by atoms with van der Waals surface area (Å²) in [6, 6.07) is 7.33. The fraction of sp³-hybridized carbons (Fsp3) is 0.600. The number of hydrogen-bond donors (Lipinski definition) is 1. The molecule has 1 unspecified atom stereocenters. The van der Waals surface area contributed by atoms with Gasteiger partial charge < -0.3 is 10.1 Å². The zero-order valence-corrected chi connectivity index (χ0v) is 11.6. The fourth-order valence-corrected chi connectivity index (χ4v) is 3.35. The molecule has 110 valence electrons. The molecule has 5 heteroatoms. The van der Waals surface area contributed by atoms with Crippen molar-refractivity contribution in [3.05, 3.63) is 29.8 Å². The summed E-state index contributed by atoms with van der Waals surface area (Å²) in [4.78, 5) is 2.49. The third kappa shape index (κ3) is 2.79. The van der Waals surface area contributed by atoms with Crippen molar-refractivity contribution in [2.45, 2.75) is 19.6 Å². The molecule has 0 amide bonds. The lowest BCUT2D eigenvalue weighted by Crippen LogP contribution is -2.28. The summed E-state index contributed by atoms with van der Waals surface area (Å²) in [6.07, 6.45) is 0. The van der Waals surface area contributed by atoms with Gasteiger partial charge in [0.05, 0.1) is 0 Å². The maximum absolute atomic E-state index is 12.1. The Bertz CT molecular complexity index is 440. The van der Waals surface area contributed by atoms with Gasteiger partial charge in [-0.1, -0.05) is 12.1 Å². The number of benzene rings is 1. The normalized spacial score (nSPS) is 27.8. The number of rotatable bonds is 4. The molecule has 3 nitrogen and oxygen atoms in total. The van der Waals surface area contributed by atoms with Crippen LogP contribution < -0.4 is 10.1 Å². The van der Waals surface area contributed by atoms with Crippen LogP contribution in [0.2, 0.25) is 0 Å². The number of hydrogen-bond acceptors (Lipinski definition) is 3. The number of likely N-dealkylation sites (tertiary alicyclic amines) is 1. The van der Waals surface area contributed by atoms with Gasteiger partial charge in [0.25, 0.3) is 0 Å². The number of fused-ring (bicyclic) bond motifs is 1. The highest BCUT2D eigenvalue weighted by Crippen LogP contribution is 2.33. The average Bonchev–Trinajstić information content (AvgIpc) is 2.98. The van der Waals surface area contributed by atoms with E-state index in [2.05, 4.69) is 21.9 Å². The van der Waals surface area contributed by atoms with Crippen LogP contribution in [0.25, 0.3) is 0 Å². The fourth-order valence-electron chi connectivity index (χ4n) is 3.35. The molecule has 0 spiro atoms. The summed E-state index contributed by atoms with van der Waals surface area (Å²) < 4.78 is 28.6. The van der Waals surface area contributed by atoms with Crippen molar-refractivity contribution in [3.63, 3.8) is 0 Å². The van der Waals surface area contributed by atoms with Crippen LogP contribution in [0, 0.1) is 11.8 Å². The van der Waals surface area contributed by atoms with Crippen molar-refractivity contribution in [2.75, 3.05) is 26.2 Å².